The van der Waals surface area contributed by atoms with E-state index in [9.17, 15) is 4.79 Å². The van der Waals surface area contributed by atoms with Crippen molar-refractivity contribution in [1.82, 2.24) is 24.5 Å². The zero-order valence-corrected chi connectivity index (χ0v) is 14.6. The zero-order valence-electron chi connectivity index (χ0n) is 14.6. The number of carbonyl (C=O) groups is 1. The number of aromatic nitrogens is 4. The maximum absolute atomic E-state index is 12.4. The van der Waals surface area contributed by atoms with E-state index in [1.807, 2.05) is 49.7 Å². The Balaban J connectivity index is 1.64. The lowest BCUT2D eigenvalue weighted by Gasteiger charge is -2.30. The van der Waals surface area contributed by atoms with Crippen LogP contribution in [0.5, 0.6) is 0 Å². The van der Waals surface area contributed by atoms with Crippen LogP contribution in [0.4, 0.5) is 4.79 Å². The number of imidazole rings is 1. The summed E-state index contributed by atoms with van der Waals surface area (Å²) in [5, 5.41) is 7.61. The highest BCUT2D eigenvalue weighted by Gasteiger charge is 2.28. The molecule has 0 saturated carbocycles. The molecule has 0 unspecified atom stereocenters. The van der Waals surface area contributed by atoms with Crippen molar-refractivity contribution in [3.05, 3.63) is 42.0 Å². The molecule has 0 spiro atoms. The Morgan fingerprint density at radius 2 is 2.16 bits per heavy atom. The van der Waals surface area contributed by atoms with Crippen molar-refractivity contribution in [3.63, 3.8) is 0 Å². The molecule has 25 heavy (non-hydrogen) atoms. The van der Waals surface area contributed by atoms with Crippen LogP contribution in [-0.2, 0) is 17.7 Å². The number of nitrogens with zero attached hydrogens (tertiary/aromatic N) is 4. The number of hydrogen-bond donors (Lipinski definition) is 1. The van der Waals surface area contributed by atoms with E-state index in [2.05, 4.69) is 15.2 Å². The molecule has 3 aromatic rings. The number of ether oxygens (including phenoxy) is 1. The molecular weight excluding hydrogens is 318 g/mol. The minimum absolute atomic E-state index is 0.282. The van der Waals surface area contributed by atoms with Crippen molar-refractivity contribution in [2.75, 3.05) is 6.54 Å². The first-order valence-electron chi connectivity index (χ1n) is 8.38. The molecule has 0 atom stereocenters. The van der Waals surface area contributed by atoms with Crippen LogP contribution in [0.15, 0.2) is 30.7 Å². The van der Waals surface area contributed by atoms with Gasteiger partial charge in [-0.15, -0.1) is 0 Å². The SMILES string of the molecule is CC(C)(C)OC(=O)N1CCc2[nH]nc(-c3ccc4nccn4c3)c2C1. The molecule has 1 N–H and O–H groups in total. The highest BCUT2D eigenvalue weighted by atomic mass is 16.6. The van der Waals surface area contributed by atoms with Gasteiger partial charge in [-0.05, 0) is 32.9 Å². The number of rotatable bonds is 1. The van der Waals surface area contributed by atoms with E-state index in [1.165, 1.54) is 0 Å². The van der Waals surface area contributed by atoms with Gasteiger partial charge in [0.25, 0.3) is 0 Å². The smallest absolute Gasteiger partial charge is 0.410 e. The third-order valence-electron chi connectivity index (χ3n) is 4.25. The van der Waals surface area contributed by atoms with E-state index < -0.39 is 5.60 Å². The fourth-order valence-electron chi connectivity index (χ4n) is 3.08. The Labute approximate surface area is 145 Å². The van der Waals surface area contributed by atoms with Gasteiger partial charge in [0, 0.05) is 48.4 Å². The molecule has 4 rings (SSSR count). The van der Waals surface area contributed by atoms with E-state index >= 15 is 0 Å². The van der Waals surface area contributed by atoms with Gasteiger partial charge in [-0.3, -0.25) is 5.10 Å². The van der Waals surface area contributed by atoms with Gasteiger partial charge in [-0.2, -0.15) is 5.10 Å². The summed E-state index contributed by atoms with van der Waals surface area (Å²) in [5.41, 5.74) is 4.40. The summed E-state index contributed by atoms with van der Waals surface area (Å²) in [4.78, 5) is 18.4. The molecule has 1 aliphatic heterocycles. The molecule has 0 aliphatic carbocycles. The second-order valence-corrected chi connectivity index (χ2v) is 7.29. The quantitative estimate of drug-likeness (QED) is 0.739. The van der Waals surface area contributed by atoms with Gasteiger partial charge in [0.1, 0.15) is 11.2 Å². The van der Waals surface area contributed by atoms with Crippen LogP contribution >= 0.6 is 0 Å². The minimum atomic E-state index is -0.497. The molecule has 7 heteroatoms. The second kappa shape index (κ2) is 5.61. The Kier molecular flexibility index (Phi) is 3.52. The average Bonchev–Trinajstić information content (AvgIpc) is 3.18. The van der Waals surface area contributed by atoms with Gasteiger partial charge in [0.2, 0.25) is 0 Å². The first-order chi connectivity index (χ1) is 11.9. The molecular formula is C18H21N5O2. The second-order valence-electron chi connectivity index (χ2n) is 7.29. The van der Waals surface area contributed by atoms with Gasteiger partial charge < -0.3 is 14.0 Å². The highest BCUT2D eigenvalue weighted by Crippen LogP contribution is 2.29. The number of hydrogen-bond acceptors (Lipinski definition) is 4. The molecule has 0 fully saturated rings. The summed E-state index contributed by atoms with van der Waals surface area (Å²) in [6, 6.07) is 3.97. The first-order valence-corrected chi connectivity index (χ1v) is 8.38. The van der Waals surface area contributed by atoms with Crippen LogP contribution in [0.2, 0.25) is 0 Å². The molecule has 3 aromatic heterocycles. The number of pyridine rings is 1. The molecule has 0 saturated heterocycles. The topological polar surface area (TPSA) is 75.5 Å². The normalized spacial score (nSPS) is 14.6. The maximum Gasteiger partial charge on any atom is 0.410 e. The fraction of sp³-hybridized carbons (Fsp3) is 0.389. The predicted octanol–water partition coefficient (Wildman–Crippen LogP) is 3.02. The van der Waals surface area contributed by atoms with Crippen LogP contribution in [0.25, 0.3) is 16.9 Å². The minimum Gasteiger partial charge on any atom is -0.444 e. The molecule has 1 amide bonds. The fourth-order valence-corrected chi connectivity index (χ4v) is 3.08. The Morgan fingerprint density at radius 3 is 2.96 bits per heavy atom. The molecule has 0 bridgehead atoms. The van der Waals surface area contributed by atoms with Gasteiger partial charge in [0.15, 0.2) is 0 Å². The third-order valence-corrected chi connectivity index (χ3v) is 4.25. The number of nitrogens with one attached hydrogen (secondary N) is 1. The van der Waals surface area contributed by atoms with Gasteiger partial charge in [-0.25, -0.2) is 9.78 Å². The molecule has 0 radical (unpaired) electrons. The van der Waals surface area contributed by atoms with Gasteiger partial charge in [-0.1, -0.05) is 0 Å². The van der Waals surface area contributed by atoms with Crippen LogP contribution < -0.4 is 0 Å². The number of amides is 1. The summed E-state index contributed by atoms with van der Waals surface area (Å²) in [5.74, 6) is 0. The van der Waals surface area contributed by atoms with E-state index in [0.29, 0.717) is 13.1 Å². The van der Waals surface area contributed by atoms with Crippen molar-refractivity contribution >= 4 is 11.7 Å². The van der Waals surface area contributed by atoms with E-state index in [-0.39, 0.29) is 6.09 Å². The van der Waals surface area contributed by atoms with E-state index in [4.69, 9.17) is 4.74 Å². The van der Waals surface area contributed by atoms with E-state index in [0.717, 1.165) is 34.6 Å². The van der Waals surface area contributed by atoms with Crippen molar-refractivity contribution < 1.29 is 9.53 Å². The maximum atomic E-state index is 12.4. The largest absolute Gasteiger partial charge is 0.444 e. The van der Waals surface area contributed by atoms with Crippen LogP contribution in [0.1, 0.15) is 32.0 Å². The summed E-state index contributed by atoms with van der Waals surface area (Å²) in [7, 11) is 0. The lowest BCUT2D eigenvalue weighted by Crippen LogP contribution is -2.39. The summed E-state index contributed by atoms with van der Waals surface area (Å²) < 4.78 is 7.47. The Bertz CT molecular complexity index is 934. The standard InChI is InChI=1S/C18H21N5O2/c1-18(2,3)25-17(24)23-8-6-14-13(11-23)16(21-20-14)12-4-5-15-19-7-9-22(15)10-12/h4-5,7,9-10H,6,8,11H2,1-3H3,(H,20,21). The lowest BCUT2D eigenvalue weighted by molar-refractivity contribution is 0.0224. The van der Waals surface area contributed by atoms with Gasteiger partial charge >= 0.3 is 6.09 Å². The molecule has 0 aromatic carbocycles. The number of aromatic amines is 1. The Hall–Kier alpha value is -2.83. The number of carbonyl (C=O) groups excluding carboxylic acids is 1. The first kappa shape index (κ1) is 15.7. The van der Waals surface area contributed by atoms with Crippen molar-refractivity contribution in [2.45, 2.75) is 39.3 Å². The predicted molar refractivity (Wildman–Crippen MR) is 93.1 cm³/mol. The molecule has 1 aliphatic rings. The van der Waals surface area contributed by atoms with Crippen LogP contribution in [-0.4, -0.2) is 42.7 Å². The van der Waals surface area contributed by atoms with E-state index in [1.54, 1.807) is 11.1 Å². The summed E-state index contributed by atoms with van der Waals surface area (Å²) in [6.07, 6.45) is 6.14. The van der Waals surface area contributed by atoms with Crippen molar-refractivity contribution in [2.24, 2.45) is 0 Å². The zero-order chi connectivity index (χ0) is 17.6. The molecule has 7 nitrogen and oxygen atoms in total. The summed E-state index contributed by atoms with van der Waals surface area (Å²) >= 11 is 0. The molecule has 4 heterocycles. The van der Waals surface area contributed by atoms with Crippen LogP contribution in [0.3, 0.4) is 0 Å². The van der Waals surface area contributed by atoms with Crippen molar-refractivity contribution in [3.8, 4) is 11.3 Å². The van der Waals surface area contributed by atoms with Gasteiger partial charge in [0.05, 0.1) is 12.2 Å². The van der Waals surface area contributed by atoms with Crippen molar-refractivity contribution in [1.29, 1.82) is 0 Å². The highest BCUT2D eigenvalue weighted by molar-refractivity contribution is 5.71. The number of fused-ring (bicyclic) bond motifs is 2. The third kappa shape index (κ3) is 2.97. The lowest BCUT2D eigenvalue weighted by atomic mass is 10.0. The number of H-pyrrole nitrogens is 1. The Morgan fingerprint density at radius 1 is 1.32 bits per heavy atom. The average molecular weight is 339 g/mol. The van der Waals surface area contributed by atoms with Crippen LogP contribution in [0, 0.1) is 0 Å². The summed E-state index contributed by atoms with van der Waals surface area (Å²) in [6.45, 7) is 6.76. The molecule has 130 valence electrons. The monoisotopic (exact) mass is 339 g/mol.